The number of aromatic nitrogens is 3. The lowest BCUT2D eigenvalue weighted by Gasteiger charge is -2.26. The molecule has 8 nitrogen and oxygen atoms in total. The van der Waals surface area contributed by atoms with Crippen molar-refractivity contribution in [3.63, 3.8) is 0 Å². The molecule has 0 atom stereocenters. The van der Waals surface area contributed by atoms with E-state index in [-0.39, 0.29) is 30.0 Å². The van der Waals surface area contributed by atoms with Gasteiger partial charge in [0.1, 0.15) is 5.69 Å². The summed E-state index contributed by atoms with van der Waals surface area (Å²) >= 11 is 6.12. The van der Waals surface area contributed by atoms with Gasteiger partial charge in [-0.25, -0.2) is 0 Å². The van der Waals surface area contributed by atoms with Crippen LogP contribution in [0, 0.1) is 6.92 Å². The van der Waals surface area contributed by atoms with Crippen molar-refractivity contribution >= 4 is 17.5 Å². The van der Waals surface area contributed by atoms with Gasteiger partial charge in [-0.05, 0) is 18.6 Å². The topological polar surface area (TPSA) is 100 Å². The van der Waals surface area contributed by atoms with Gasteiger partial charge in [-0.15, -0.1) is 10.2 Å². The number of halogens is 1. The van der Waals surface area contributed by atoms with Crippen molar-refractivity contribution in [3.8, 4) is 11.4 Å². The zero-order chi connectivity index (χ0) is 19.9. The van der Waals surface area contributed by atoms with Crippen LogP contribution in [0.2, 0.25) is 5.02 Å². The first-order chi connectivity index (χ1) is 13.5. The molecule has 150 valence electrons. The summed E-state index contributed by atoms with van der Waals surface area (Å²) < 4.78 is 5.29. The Balaban J connectivity index is 1.49. The minimum atomic E-state index is -0.345. The summed E-state index contributed by atoms with van der Waals surface area (Å²) in [4.78, 5) is 29.2. The van der Waals surface area contributed by atoms with Gasteiger partial charge in [-0.3, -0.25) is 14.5 Å². The molecule has 1 aliphatic heterocycles. The molecule has 0 bridgehead atoms. The Kier molecular flexibility index (Phi) is 7.13. The minimum Gasteiger partial charge on any atom is -0.379 e. The molecule has 2 aromatic rings. The van der Waals surface area contributed by atoms with Crippen LogP contribution in [0.5, 0.6) is 0 Å². The third-order valence-electron chi connectivity index (χ3n) is 4.65. The first kappa shape index (κ1) is 20.4. The zero-order valence-corrected chi connectivity index (χ0v) is 16.6. The maximum Gasteiger partial charge on any atom is 0.273 e. The quantitative estimate of drug-likeness (QED) is 0.717. The van der Waals surface area contributed by atoms with Crippen molar-refractivity contribution in [2.75, 3.05) is 39.4 Å². The van der Waals surface area contributed by atoms with Crippen molar-refractivity contribution in [3.05, 3.63) is 44.8 Å². The number of rotatable bonds is 7. The molecule has 3 rings (SSSR count). The lowest BCUT2D eigenvalue weighted by atomic mass is 10.1. The smallest absolute Gasteiger partial charge is 0.273 e. The predicted molar refractivity (Wildman–Crippen MR) is 106 cm³/mol. The van der Waals surface area contributed by atoms with Crippen molar-refractivity contribution in [2.45, 2.75) is 19.8 Å². The maximum atomic E-state index is 12.3. The van der Waals surface area contributed by atoms with Crippen LogP contribution in [-0.4, -0.2) is 65.4 Å². The number of carbonyl (C=O) groups excluding carboxylic acids is 1. The Morgan fingerprint density at radius 1 is 1.32 bits per heavy atom. The largest absolute Gasteiger partial charge is 0.379 e. The second kappa shape index (κ2) is 9.77. The molecular weight excluding hydrogens is 382 g/mol. The zero-order valence-electron chi connectivity index (χ0n) is 15.8. The molecule has 1 amide bonds. The standard InChI is InChI=1S/C19H24ClN5O3/c1-13-2-3-14(12-15(13)20)18-22-19(27)16(23-24-18)4-5-17(26)21-6-7-25-8-10-28-11-9-25/h2-3,12H,4-11H2,1H3,(H,21,26)(H,22,24,27). The van der Waals surface area contributed by atoms with Crippen LogP contribution in [0.4, 0.5) is 0 Å². The lowest BCUT2D eigenvalue weighted by Crippen LogP contribution is -2.41. The van der Waals surface area contributed by atoms with E-state index in [2.05, 4.69) is 25.4 Å². The predicted octanol–water partition coefficient (Wildman–Crippen LogP) is 1.17. The molecule has 1 aliphatic rings. The van der Waals surface area contributed by atoms with Crippen LogP contribution in [0.15, 0.2) is 23.0 Å². The van der Waals surface area contributed by atoms with E-state index < -0.39 is 0 Å². The number of hydrogen-bond acceptors (Lipinski definition) is 6. The first-order valence-corrected chi connectivity index (χ1v) is 9.70. The number of benzene rings is 1. The molecule has 0 spiro atoms. The Hall–Kier alpha value is -2.29. The van der Waals surface area contributed by atoms with E-state index in [1.54, 1.807) is 6.07 Å². The molecule has 0 radical (unpaired) electrons. The number of aryl methyl sites for hydroxylation is 2. The molecule has 1 aromatic carbocycles. The molecular formula is C19H24ClN5O3. The van der Waals surface area contributed by atoms with E-state index >= 15 is 0 Å². The van der Waals surface area contributed by atoms with Gasteiger partial charge in [-0.1, -0.05) is 23.7 Å². The SMILES string of the molecule is Cc1ccc(-c2nnc(CCC(=O)NCCN3CCOCC3)c(=O)[nH]2)cc1Cl. The van der Waals surface area contributed by atoms with E-state index in [0.29, 0.717) is 23.0 Å². The van der Waals surface area contributed by atoms with Crippen molar-refractivity contribution in [2.24, 2.45) is 0 Å². The Bertz CT molecular complexity index is 880. The molecule has 0 saturated carbocycles. The normalized spacial score (nSPS) is 14.8. The Morgan fingerprint density at radius 2 is 2.11 bits per heavy atom. The molecule has 1 saturated heterocycles. The summed E-state index contributed by atoms with van der Waals surface area (Å²) in [6.45, 7) is 6.52. The summed E-state index contributed by atoms with van der Waals surface area (Å²) in [5.41, 5.74) is 1.53. The molecule has 2 heterocycles. The van der Waals surface area contributed by atoms with Gasteiger partial charge in [0.15, 0.2) is 5.82 Å². The van der Waals surface area contributed by atoms with Crippen molar-refractivity contribution < 1.29 is 9.53 Å². The van der Waals surface area contributed by atoms with Crippen LogP contribution in [-0.2, 0) is 16.0 Å². The molecule has 0 unspecified atom stereocenters. The number of amides is 1. The van der Waals surface area contributed by atoms with Crippen LogP contribution in [0.25, 0.3) is 11.4 Å². The van der Waals surface area contributed by atoms with Crippen LogP contribution >= 0.6 is 11.6 Å². The van der Waals surface area contributed by atoms with Crippen LogP contribution in [0.1, 0.15) is 17.7 Å². The molecule has 2 N–H and O–H groups in total. The number of H-pyrrole nitrogens is 1. The Labute approximate surface area is 168 Å². The Morgan fingerprint density at radius 3 is 2.82 bits per heavy atom. The van der Waals surface area contributed by atoms with E-state index in [1.165, 1.54) is 0 Å². The van der Waals surface area contributed by atoms with Crippen molar-refractivity contribution in [1.82, 2.24) is 25.4 Å². The van der Waals surface area contributed by atoms with E-state index in [9.17, 15) is 9.59 Å². The van der Waals surface area contributed by atoms with Gasteiger partial charge in [-0.2, -0.15) is 0 Å². The van der Waals surface area contributed by atoms with E-state index in [1.807, 2.05) is 19.1 Å². The summed E-state index contributed by atoms with van der Waals surface area (Å²) in [6, 6.07) is 5.41. The highest BCUT2D eigenvalue weighted by Crippen LogP contribution is 2.21. The lowest BCUT2D eigenvalue weighted by molar-refractivity contribution is -0.121. The molecule has 1 fully saturated rings. The number of carbonyl (C=O) groups is 1. The molecule has 9 heteroatoms. The third kappa shape index (κ3) is 5.60. The second-order valence-corrected chi connectivity index (χ2v) is 7.12. The fraction of sp³-hybridized carbons (Fsp3) is 0.474. The second-order valence-electron chi connectivity index (χ2n) is 6.72. The number of ether oxygens (including phenoxy) is 1. The van der Waals surface area contributed by atoms with E-state index in [4.69, 9.17) is 16.3 Å². The number of hydrogen-bond donors (Lipinski definition) is 2. The third-order valence-corrected chi connectivity index (χ3v) is 5.06. The summed E-state index contributed by atoms with van der Waals surface area (Å²) in [5, 5.41) is 11.5. The van der Waals surface area contributed by atoms with Gasteiger partial charge in [0.2, 0.25) is 5.91 Å². The number of nitrogens with zero attached hydrogens (tertiary/aromatic N) is 3. The average Bonchev–Trinajstić information content (AvgIpc) is 2.70. The summed E-state index contributed by atoms with van der Waals surface area (Å²) in [7, 11) is 0. The van der Waals surface area contributed by atoms with Gasteiger partial charge >= 0.3 is 0 Å². The average molecular weight is 406 g/mol. The van der Waals surface area contributed by atoms with Crippen LogP contribution < -0.4 is 10.9 Å². The number of aromatic amines is 1. The van der Waals surface area contributed by atoms with Gasteiger partial charge in [0.25, 0.3) is 5.56 Å². The van der Waals surface area contributed by atoms with Gasteiger partial charge < -0.3 is 15.0 Å². The first-order valence-electron chi connectivity index (χ1n) is 9.32. The maximum absolute atomic E-state index is 12.3. The number of nitrogens with one attached hydrogen (secondary N) is 2. The molecule has 0 aliphatic carbocycles. The number of morpholine rings is 1. The fourth-order valence-electron chi connectivity index (χ4n) is 2.89. The van der Waals surface area contributed by atoms with Gasteiger partial charge in [0.05, 0.1) is 13.2 Å². The summed E-state index contributed by atoms with van der Waals surface area (Å²) in [6.07, 6.45) is 0.428. The van der Waals surface area contributed by atoms with Gasteiger partial charge in [0, 0.05) is 49.6 Å². The van der Waals surface area contributed by atoms with E-state index in [0.717, 1.165) is 38.4 Å². The minimum absolute atomic E-state index is 0.108. The highest BCUT2D eigenvalue weighted by molar-refractivity contribution is 6.31. The summed E-state index contributed by atoms with van der Waals surface area (Å²) in [5.74, 6) is 0.245. The fourth-order valence-corrected chi connectivity index (χ4v) is 3.07. The monoisotopic (exact) mass is 405 g/mol. The van der Waals surface area contributed by atoms with Crippen molar-refractivity contribution in [1.29, 1.82) is 0 Å². The molecule has 1 aromatic heterocycles. The van der Waals surface area contributed by atoms with Crippen LogP contribution in [0.3, 0.4) is 0 Å². The highest BCUT2D eigenvalue weighted by atomic mass is 35.5. The highest BCUT2D eigenvalue weighted by Gasteiger charge is 2.12. The molecule has 28 heavy (non-hydrogen) atoms.